The van der Waals surface area contributed by atoms with Gasteiger partial charge in [-0.15, -0.1) is 0 Å². The Labute approximate surface area is 82.9 Å². The molecule has 0 aliphatic carbocycles. The SMILES string of the molecule is CCN(CC)C1CCCCN1CC. The highest BCUT2D eigenvalue weighted by Crippen LogP contribution is 2.19. The van der Waals surface area contributed by atoms with E-state index in [1.807, 2.05) is 0 Å². The molecule has 1 atom stereocenters. The van der Waals surface area contributed by atoms with Gasteiger partial charge in [-0.2, -0.15) is 0 Å². The minimum atomic E-state index is 0.730. The summed E-state index contributed by atoms with van der Waals surface area (Å²) in [6.07, 6.45) is 4.91. The van der Waals surface area contributed by atoms with Crippen LogP contribution in [0.4, 0.5) is 0 Å². The molecule has 0 radical (unpaired) electrons. The van der Waals surface area contributed by atoms with E-state index in [0.717, 1.165) is 6.17 Å². The van der Waals surface area contributed by atoms with E-state index in [1.54, 1.807) is 0 Å². The van der Waals surface area contributed by atoms with E-state index >= 15 is 0 Å². The molecular weight excluding hydrogens is 160 g/mol. The van der Waals surface area contributed by atoms with Crippen LogP contribution in [0.3, 0.4) is 0 Å². The number of rotatable bonds is 4. The Hall–Kier alpha value is -0.0800. The highest BCUT2D eigenvalue weighted by molar-refractivity contribution is 4.75. The van der Waals surface area contributed by atoms with Crippen molar-refractivity contribution >= 4 is 0 Å². The van der Waals surface area contributed by atoms with Crippen molar-refractivity contribution in [1.82, 2.24) is 9.80 Å². The van der Waals surface area contributed by atoms with E-state index < -0.39 is 0 Å². The summed E-state index contributed by atoms with van der Waals surface area (Å²) in [6.45, 7) is 11.7. The molecule has 2 heteroatoms. The van der Waals surface area contributed by atoms with Gasteiger partial charge >= 0.3 is 0 Å². The molecule has 0 bridgehead atoms. The van der Waals surface area contributed by atoms with Crippen molar-refractivity contribution in [1.29, 1.82) is 0 Å². The summed E-state index contributed by atoms with van der Waals surface area (Å²) in [5, 5.41) is 0. The number of hydrogen-bond acceptors (Lipinski definition) is 2. The zero-order chi connectivity index (χ0) is 9.68. The normalized spacial score (nSPS) is 25.4. The van der Waals surface area contributed by atoms with E-state index in [9.17, 15) is 0 Å². The molecule has 1 saturated heterocycles. The largest absolute Gasteiger partial charge is 0.288 e. The standard InChI is InChI=1S/C11H24N2/c1-4-12(5-2)11-9-7-8-10-13(11)6-3/h11H,4-10H2,1-3H3. The minimum absolute atomic E-state index is 0.730. The summed E-state index contributed by atoms with van der Waals surface area (Å²) in [5.41, 5.74) is 0. The highest BCUT2D eigenvalue weighted by atomic mass is 15.3. The third kappa shape index (κ3) is 2.68. The summed E-state index contributed by atoms with van der Waals surface area (Å²) in [5.74, 6) is 0. The lowest BCUT2D eigenvalue weighted by molar-refractivity contribution is 0.0236. The smallest absolute Gasteiger partial charge is 0.0622 e. The number of hydrogen-bond donors (Lipinski definition) is 0. The van der Waals surface area contributed by atoms with E-state index in [-0.39, 0.29) is 0 Å². The van der Waals surface area contributed by atoms with Crippen LogP contribution in [0.15, 0.2) is 0 Å². The maximum Gasteiger partial charge on any atom is 0.0622 e. The van der Waals surface area contributed by atoms with Crippen LogP contribution >= 0.6 is 0 Å². The number of likely N-dealkylation sites (tertiary alicyclic amines) is 1. The van der Waals surface area contributed by atoms with Gasteiger partial charge < -0.3 is 0 Å². The topological polar surface area (TPSA) is 6.48 Å². The Kier molecular flexibility index (Phi) is 4.74. The maximum absolute atomic E-state index is 2.62. The van der Waals surface area contributed by atoms with Gasteiger partial charge in [0.05, 0.1) is 6.17 Å². The molecule has 0 N–H and O–H groups in total. The molecule has 1 heterocycles. The first-order valence-electron chi connectivity index (χ1n) is 5.81. The maximum atomic E-state index is 2.62. The molecule has 2 nitrogen and oxygen atoms in total. The second kappa shape index (κ2) is 5.61. The van der Waals surface area contributed by atoms with Crippen LogP contribution in [0.1, 0.15) is 40.0 Å². The lowest BCUT2D eigenvalue weighted by Crippen LogP contribution is -2.50. The molecule has 0 aromatic rings. The molecule has 0 spiro atoms. The van der Waals surface area contributed by atoms with Crippen LogP contribution in [0.25, 0.3) is 0 Å². The third-order valence-corrected chi connectivity index (χ3v) is 3.22. The Morgan fingerprint density at radius 1 is 1.15 bits per heavy atom. The van der Waals surface area contributed by atoms with Crippen molar-refractivity contribution < 1.29 is 0 Å². The first kappa shape index (κ1) is 11.0. The lowest BCUT2D eigenvalue weighted by Gasteiger charge is -2.41. The van der Waals surface area contributed by atoms with Crippen molar-refractivity contribution in [2.75, 3.05) is 26.2 Å². The fourth-order valence-electron chi connectivity index (χ4n) is 2.40. The molecule has 1 unspecified atom stereocenters. The van der Waals surface area contributed by atoms with Crippen molar-refractivity contribution in [3.8, 4) is 0 Å². The van der Waals surface area contributed by atoms with E-state index in [1.165, 1.54) is 45.4 Å². The summed E-state index contributed by atoms with van der Waals surface area (Å²) < 4.78 is 0. The lowest BCUT2D eigenvalue weighted by atomic mass is 10.1. The summed E-state index contributed by atoms with van der Waals surface area (Å²) in [7, 11) is 0. The van der Waals surface area contributed by atoms with Crippen molar-refractivity contribution in [3.05, 3.63) is 0 Å². The molecule has 1 aliphatic rings. The molecule has 0 saturated carbocycles. The predicted octanol–water partition coefficient (Wildman–Crippen LogP) is 2.16. The van der Waals surface area contributed by atoms with E-state index in [4.69, 9.17) is 0 Å². The number of nitrogens with zero attached hydrogens (tertiary/aromatic N) is 2. The van der Waals surface area contributed by atoms with Crippen molar-refractivity contribution in [3.63, 3.8) is 0 Å². The molecule has 78 valence electrons. The van der Waals surface area contributed by atoms with Gasteiger partial charge in [0.2, 0.25) is 0 Å². The van der Waals surface area contributed by atoms with Crippen molar-refractivity contribution in [2.24, 2.45) is 0 Å². The Morgan fingerprint density at radius 3 is 2.38 bits per heavy atom. The van der Waals surface area contributed by atoms with Gasteiger partial charge in [0.1, 0.15) is 0 Å². The van der Waals surface area contributed by atoms with Gasteiger partial charge in [0.25, 0.3) is 0 Å². The van der Waals surface area contributed by atoms with Crippen LogP contribution in [0.5, 0.6) is 0 Å². The third-order valence-electron chi connectivity index (χ3n) is 3.22. The Balaban J connectivity index is 2.51. The molecule has 0 aromatic heterocycles. The summed E-state index contributed by atoms with van der Waals surface area (Å²) >= 11 is 0. The zero-order valence-electron chi connectivity index (χ0n) is 9.42. The second-order valence-corrected chi connectivity index (χ2v) is 3.83. The van der Waals surface area contributed by atoms with Gasteiger partial charge in [-0.3, -0.25) is 9.80 Å². The molecule has 0 amide bonds. The average Bonchev–Trinajstić information content (AvgIpc) is 2.20. The van der Waals surface area contributed by atoms with E-state index in [0.29, 0.717) is 0 Å². The van der Waals surface area contributed by atoms with E-state index in [2.05, 4.69) is 30.6 Å². The van der Waals surface area contributed by atoms with Gasteiger partial charge in [0, 0.05) is 0 Å². The van der Waals surface area contributed by atoms with Gasteiger partial charge in [-0.25, -0.2) is 0 Å². The fourth-order valence-corrected chi connectivity index (χ4v) is 2.40. The van der Waals surface area contributed by atoms with Crippen LogP contribution in [0, 0.1) is 0 Å². The molecule has 13 heavy (non-hydrogen) atoms. The predicted molar refractivity (Wildman–Crippen MR) is 57.8 cm³/mol. The molecule has 1 rings (SSSR count). The van der Waals surface area contributed by atoms with Gasteiger partial charge in [-0.1, -0.05) is 20.8 Å². The summed E-state index contributed by atoms with van der Waals surface area (Å²) in [4.78, 5) is 5.21. The first-order valence-corrected chi connectivity index (χ1v) is 5.81. The van der Waals surface area contributed by atoms with Crippen LogP contribution in [-0.4, -0.2) is 42.1 Å². The number of piperidine rings is 1. The summed E-state index contributed by atoms with van der Waals surface area (Å²) in [6, 6.07) is 0. The minimum Gasteiger partial charge on any atom is -0.288 e. The van der Waals surface area contributed by atoms with Crippen LogP contribution in [-0.2, 0) is 0 Å². The molecular formula is C11H24N2. The monoisotopic (exact) mass is 184 g/mol. The second-order valence-electron chi connectivity index (χ2n) is 3.83. The molecule has 0 aromatic carbocycles. The average molecular weight is 184 g/mol. The molecule has 1 fully saturated rings. The fraction of sp³-hybridized carbons (Fsp3) is 1.00. The van der Waals surface area contributed by atoms with Crippen molar-refractivity contribution in [2.45, 2.75) is 46.2 Å². The first-order chi connectivity index (χ1) is 6.33. The van der Waals surface area contributed by atoms with Crippen LogP contribution < -0.4 is 0 Å². The quantitative estimate of drug-likeness (QED) is 0.660. The highest BCUT2D eigenvalue weighted by Gasteiger charge is 2.24. The van der Waals surface area contributed by atoms with Gasteiger partial charge in [0.15, 0.2) is 0 Å². The van der Waals surface area contributed by atoms with Gasteiger partial charge in [-0.05, 0) is 45.4 Å². The molecule has 1 aliphatic heterocycles. The van der Waals surface area contributed by atoms with Crippen LogP contribution in [0.2, 0.25) is 0 Å². The zero-order valence-corrected chi connectivity index (χ0v) is 9.42. The Morgan fingerprint density at radius 2 is 1.85 bits per heavy atom. The Bertz CT molecular complexity index is 125.